The molecule has 0 atom stereocenters. The number of carbonyl (C=O) groups excluding carboxylic acids is 1. The fourth-order valence-electron chi connectivity index (χ4n) is 3.56. The second-order valence-electron chi connectivity index (χ2n) is 7.66. The summed E-state index contributed by atoms with van der Waals surface area (Å²) in [7, 11) is -4.16. The van der Waals surface area contributed by atoms with Crippen molar-refractivity contribution < 1.29 is 26.7 Å². The molecule has 2 aromatic rings. The van der Waals surface area contributed by atoms with Gasteiger partial charge in [0.15, 0.2) is 0 Å². The van der Waals surface area contributed by atoms with Crippen molar-refractivity contribution in [3.05, 3.63) is 58.6 Å². The summed E-state index contributed by atoms with van der Waals surface area (Å²) in [5.41, 5.74) is 0.932. The van der Waals surface area contributed by atoms with E-state index in [4.69, 9.17) is 16.3 Å². The van der Waals surface area contributed by atoms with Crippen LogP contribution in [-0.2, 0) is 14.8 Å². The Hall–Kier alpha value is -2.23. The molecule has 1 heterocycles. The second kappa shape index (κ2) is 10.6. The van der Waals surface area contributed by atoms with E-state index >= 15 is 0 Å². The number of ether oxygens (including phenoxy) is 1. The first-order valence-corrected chi connectivity index (χ1v) is 12.1. The summed E-state index contributed by atoms with van der Waals surface area (Å²) in [6.07, 6.45) is 1.23. The molecule has 10 heteroatoms. The third-order valence-corrected chi connectivity index (χ3v) is 7.50. The summed E-state index contributed by atoms with van der Waals surface area (Å²) in [5.74, 6) is -1.57. The molecule has 3 rings (SSSR count). The standard InChI is InChI=1S/C22H25ClF2N2O4S/c1-15-13-17(23)3-6-20(15)31-12-2-9-26-22(28)16-7-10-27(11-8-16)32(29,30)21-14-18(24)4-5-19(21)25/h3-6,13-14,16H,2,7-12H2,1H3,(H,26,28). The lowest BCUT2D eigenvalue weighted by Gasteiger charge is -2.30. The summed E-state index contributed by atoms with van der Waals surface area (Å²) < 4.78 is 59.4. The molecule has 1 fully saturated rings. The van der Waals surface area contributed by atoms with Gasteiger partial charge >= 0.3 is 0 Å². The van der Waals surface area contributed by atoms with Crippen molar-refractivity contribution in [3.63, 3.8) is 0 Å². The number of nitrogens with one attached hydrogen (secondary N) is 1. The minimum Gasteiger partial charge on any atom is -0.493 e. The van der Waals surface area contributed by atoms with Crippen LogP contribution in [0.15, 0.2) is 41.3 Å². The fourth-order valence-corrected chi connectivity index (χ4v) is 5.33. The minimum absolute atomic E-state index is 0.0648. The number of benzene rings is 2. The predicted molar refractivity (Wildman–Crippen MR) is 117 cm³/mol. The van der Waals surface area contributed by atoms with Gasteiger partial charge in [-0.05, 0) is 68.1 Å². The zero-order valence-corrected chi connectivity index (χ0v) is 19.2. The molecule has 0 aliphatic carbocycles. The van der Waals surface area contributed by atoms with Gasteiger partial charge in [-0.2, -0.15) is 4.31 Å². The number of sulfonamides is 1. The van der Waals surface area contributed by atoms with Crippen molar-refractivity contribution in [3.8, 4) is 5.75 Å². The van der Waals surface area contributed by atoms with Crippen LogP contribution in [0.5, 0.6) is 5.75 Å². The highest BCUT2D eigenvalue weighted by Gasteiger charge is 2.33. The topological polar surface area (TPSA) is 75.7 Å². The third kappa shape index (κ3) is 5.96. The maximum absolute atomic E-state index is 13.9. The van der Waals surface area contributed by atoms with E-state index in [1.807, 2.05) is 13.0 Å². The monoisotopic (exact) mass is 486 g/mol. The van der Waals surface area contributed by atoms with Crippen molar-refractivity contribution in [1.29, 1.82) is 0 Å². The molecule has 2 aromatic carbocycles. The maximum atomic E-state index is 13.9. The quantitative estimate of drug-likeness (QED) is 0.574. The lowest BCUT2D eigenvalue weighted by atomic mass is 9.97. The number of aryl methyl sites for hydroxylation is 1. The molecule has 0 unspecified atom stereocenters. The number of halogens is 3. The van der Waals surface area contributed by atoms with E-state index in [9.17, 15) is 22.0 Å². The van der Waals surface area contributed by atoms with Gasteiger partial charge in [-0.15, -0.1) is 0 Å². The smallest absolute Gasteiger partial charge is 0.246 e. The number of amides is 1. The lowest BCUT2D eigenvalue weighted by molar-refractivity contribution is -0.126. The fraction of sp³-hybridized carbons (Fsp3) is 0.409. The molecule has 174 valence electrons. The van der Waals surface area contributed by atoms with E-state index in [1.165, 1.54) is 0 Å². The average Bonchev–Trinajstić information content (AvgIpc) is 2.76. The van der Waals surface area contributed by atoms with Crippen molar-refractivity contribution in [2.45, 2.75) is 31.1 Å². The Bertz CT molecular complexity index is 1070. The number of hydrogen-bond acceptors (Lipinski definition) is 4. The predicted octanol–water partition coefficient (Wildman–Crippen LogP) is 3.91. The molecule has 32 heavy (non-hydrogen) atoms. The molecular weight excluding hydrogens is 462 g/mol. The molecule has 0 aromatic heterocycles. The normalized spacial score (nSPS) is 15.5. The highest BCUT2D eigenvalue weighted by Crippen LogP contribution is 2.26. The van der Waals surface area contributed by atoms with Crippen LogP contribution < -0.4 is 10.1 Å². The second-order valence-corrected chi connectivity index (χ2v) is 10.00. The summed E-state index contributed by atoms with van der Waals surface area (Å²) in [6, 6.07) is 7.70. The maximum Gasteiger partial charge on any atom is 0.246 e. The third-order valence-electron chi connectivity index (χ3n) is 5.35. The molecule has 6 nitrogen and oxygen atoms in total. The van der Waals surface area contributed by atoms with E-state index in [0.29, 0.717) is 43.5 Å². The Kier molecular flexibility index (Phi) is 8.08. The van der Waals surface area contributed by atoms with Crippen LogP contribution in [-0.4, -0.2) is 44.9 Å². The van der Waals surface area contributed by atoms with Gasteiger partial charge in [-0.3, -0.25) is 4.79 Å². The first-order chi connectivity index (χ1) is 15.2. The van der Waals surface area contributed by atoms with Crippen LogP contribution in [0.3, 0.4) is 0 Å². The van der Waals surface area contributed by atoms with Gasteiger partial charge in [0.05, 0.1) is 6.61 Å². The molecular formula is C22H25ClF2N2O4S. The van der Waals surface area contributed by atoms with Gasteiger partial charge in [0.2, 0.25) is 15.9 Å². The van der Waals surface area contributed by atoms with Crippen molar-refractivity contribution in [2.75, 3.05) is 26.2 Å². The molecule has 0 radical (unpaired) electrons. The SMILES string of the molecule is Cc1cc(Cl)ccc1OCCCNC(=O)C1CCN(S(=O)(=O)c2cc(F)ccc2F)CC1. The van der Waals surface area contributed by atoms with Crippen LogP contribution >= 0.6 is 11.6 Å². The van der Waals surface area contributed by atoms with Crippen LogP contribution in [0.1, 0.15) is 24.8 Å². The highest BCUT2D eigenvalue weighted by atomic mass is 35.5. The highest BCUT2D eigenvalue weighted by molar-refractivity contribution is 7.89. The van der Waals surface area contributed by atoms with Crippen molar-refractivity contribution >= 4 is 27.5 Å². The number of rotatable bonds is 8. The Labute approximate surface area is 191 Å². The molecule has 1 saturated heterocycles. The Morgan fingerprint density at radius 1 is 1.19 bits per heavy atom. The molecule has 1 N–H and O–H groups in total. The van der Waals surface area contributed by atoms with E-state index in [0.717, 1.165) is 27.8 Å². The number of carbonyl (C=O) groups is 1. The Balaban J connectivity index is 1.43. The molecule has 1 amide bonds. The Morgan fingerprint density at radius 3 is 2.59 bits per heavy atom. The van der Waals surface area contributed by atoms with Gasteiger partial charge < -0.3 is 10.1 Å². The molecule has 1 aliphatic heterocycles. The molecule has 0 spiro atoms. The molecule has 1 aliphatic rings. The van der Waals surface area contributed by atoms with Crippen LogP contribution in [0, 0.1) is 24.5 Å². The van der Waals surface area contributed by atoms with E-state index in [-0.39, 0.29) is 24.9 Å². The summed E-state index contributed by atoms with van der Waals surface area (Å²) in [5, 5.41) is 3.49. The van der Waals surface area contributed by atoms with Gasteiger partial charge in [0.1, 0.15) is 22.3 Å². The summed E-state index contributed by atoms with van der Waals surface area (Å²) in [4.78, 5) is 11.7. The van der Waals surface area contributed by atoms with Gasteiger partial charge in [-0.1, -0.05) is 11.6 Å². The van der Waals surface area contributed by atoms with Crippen LogP contribution in [0.25, 0.3) is 0 Å². The first-order valence-electron chi connectivity index (χ1n) is 10.3. The molecule has 0 bridgehead atoms. The van der Waals surface area contributed by atoms with E-state index in [1.54, 1.807) is 12.1 Å². The zero-order valence-electron chi connectivity index (χ0n) is 17.6. The number of nitrogens with zero attached hydrogens (tertiary/aromatic N) is 1. The van der Waals surface area contributed by atoms with Gasteiger partial charge in [0, 0.05) is 30.6 Å². The van der Waals surface area contributed by atoms with Gasteiger partial charge in [-0.25, -0.2) is 17.2 Å². The van der Waals surface area contributed by atoms with E-state index < -0.39 is 26.6 Å². The largest absolute Gasteiger partial charge is 0.493 e. The van der Waals surface area contributed by atoms with Crippen molar-refractivity contribution in [1.82, 2.24) is 9.62 Å². The number of hydrogen-bond donors (Lipinski definition) is 1. The Morgan fingerprint density at radius 2 is 1.91 bits per heavy atom. The van der Waals surface area contributed by atoms with E-state index in [2.05, 4.69) is 5.32 Å². The summed E-state index contributed by atoms with van der Waals surface area (Å²) in [6.45, 7) is 2.89. The lowest BCUT2D eigenvalue weighted by Crippen LogP contribution is -2.43. The zero-order chi connectivity index (χ0) is 23.3. The first kappa shape index (κ1) is 24.4. The minimum atomic E-state index is -4.16. The van der Waals surface area contributed by atoms with Crippen LogP contribution in [0.2, 0.25) is 5.02 Å². The van der Waals surface area contributed by atoms with Crippen molar-refractivity contribution in [2.24, 2.45) is 5.92 Å². The average molecular weight is 487 g/mol. The molecule has 0 saturated carbocycles. The summed E-state index contributed by atoms with van der Waals surface area (Å²) >= 11 is 5.92. The van der Waals surface area contributed by atoms with Crippen LogP contribution in [0.4, 0.5) is 8.78 Å². The number of piperidine rings is 1. The van der Waals surface area contributed by atoms with Gasteiger partial charge in [0.25, 0.3) is 0 Å².